The Hall–Kier alpha value is -5.26. The molecule has 6 aromatic rings. The van der Waals surface area contributed by atoms with E-state index in [0.29, 0.717) is 29.0 Å². The molecule has 38 heavy (non-hydrogen) atoms. The van der Waals surface area contributed by atoms with E-state index in [4.69, 9.17) is 9.98 Å². The normalized spacial score (nSPS) is 14.6. The average Bonchev–Trinajstić information content (AvgIpc) is 3.30. The molecule has 12 nitrogen and oxygen atoms in total. The van der Waals surface area contributed by atoms with Crippen molar-refractivity contribution in [1.82, 2.24) is 39.7 Å². The molecule has 2 aromatic carbocycles. The summed E-state index contributed by atoms with van der Waals surface area (Å²) in [5.74, 6) is 0.147. The summed E-state index contributed by atoms with van der Waals surface area (Å²) in [6, 6.07) is 14.6. The van der Waals surface area contributed by atoms with Gasteiger partial charge in [0.25, 0.3) is 5.62 Å². The molecule has 0 aliphatic heterocycles. The first-order valence-corrected chi connectivity index (χ1v) is 12.2. The largest absolute Gasteiger partial charge is 0.493 e. The van der Waals surface area contributed by atoms with E-state index in [1.807, 2.05) is 24.4 Å². The molecule has 4 heterocycles. The Morgan fingerprint density at radius 1 is 1.13 bits per heavy atom. The molecule has 1 saturated carbocycles. The zero-order valence-corrected chi connectivity index (χ0v) is 20.0. The van der Waals surface area contributed by atoms with Gasteiger partial charge >= 0.3 is 5.69 Å². The highest BCUT2D eigenvalue weighted by atomic mass is 16.3. The number of hydrogen-bond acceptors (Lipinski definition) is 8. The van der Waals surface area contributed by atoms with Crippen molar-refractivity contribution in [2.45, 2.75) is 25.4 Å². The van der Waals surface area contributed by atoms with Crippen molar-refractivity contribution in [3.8, 4) is 17.0 Å². The molecule has 1 aliphatic carbocycles. The van der Waals surface area contributed by atoms with E-state index in [2.05, 4.69) is 59.8 Å². The number of imidazole rings is 1. The Kier molecular flexibility index (Phi) is 5.03. The minimum Gasteiger partial charge on any atom is -0.493 e. The maximum Gasteiger partial charge on any atom is 0.326 e. The van der Waals surface area contributed by atoms with Crippen LogP contribution in [0.25, 0.3) is 33.8 Å². The standard InChI is InChI=1S/C26H22N10O2/c37-23-21(31-26(38)33-23)10-17-13-29-36-22(17)32-24(34-25(36)30-18-6-7-18)27-11-15-3-1-2-4-19(15)14-5-8-20-16(9-14)12-28-35-20/h1-5,8-10,12-13,18,37H,6-7,11H2,(H,28,35)(H,27,30,34)(H2,31,33,38). The fourth-order valence-electron chi connectivity index (χ4n) is 4.40. The molecule has 188 valence electrons. The van der Waals surface area contributed by atoms with Gasteiger partial charge in [0.05, 0.1) is 24.0 Å². The van der Waals surface area contributed by atoms with Gasteiger partial charge in [-0.25, -0.2) is 9.79 Å². The number of nitrogens with zero attached hydrogens (tertiary/aromatic N) is 6. The zero-order chi connectivity index (χ0) is 25.6. The summed E-state index contributed by atoms with van der Waals surface area (Å²) < 4.78 is 1.57. The van der Waals surface area contributed by atoms with Gasteiger partial charge < -0.3 is 15.4 Å². The molecule has 0 bridgehead atoms. The summed E-state index contributed by atoms with van der Waals surface area (Å²) in [4.78, 5) is 30.5. The van der Waals surface area contributed by atoms with Crippen LogP contribution in [-0.2, 0) is 6.54 Å². The number of fused-ring (bicyclic) bond motifs is 2. The average molecular weight is 507 g/mol. The second kappa shape index (κ2) is 8.69. The lowest BCUT2D eigenvalue weighted by Gasteiger charge is -2.11. The summed E-state index contributed by atoms with van der Waals surface area (Å²) in [6.45, 7) is 0.484. The molecule has 7 rings (SSSR count). The Morgan fingerprint density at radius 3 is 2.87 bits per heavy atom. The van der Waals surface area contributed by atoms with Crippen LogP contribution in [0.5, 0.6) is 5.88 Å². The molecule has 0 unspecified atom stereocenters. The SMILES string of the molecule is O=c1[nH]c(O)c(C=c2cnn3c(=NC4CC4)nc(NCc4ccccc4-c4ccc5[nH]ncc5c4)nc23)[nH]1. The lowest BCUT2D eigenvalue weighted by atomic mass is 9.98. The number of aromatic amines is 3. The topological polar surface area (TPSA) is 165 Å². The Bertz CT molecular complexity index is 1990. The Labute approximate surface area is 213 Å². The highest BCUT2D eigenvalue weighted by Gasteiger charge is 2.21. The van der Waals surface area contributed by atoms with E-state index >= 15 is 0 Å². The molecule has 0 radical (unpaired) electrons. The van der Waals surface area contributed by atoms with Crippen molar-refractivity contribution in [2.75, 3.05) is 5.32 Å². The smallest absolute Gasteiger partial charge is 0.326 e. The number of aromatic nitrogens is 8. The summed E-state index contributed by atoms with van der Waals surface area (Å²) in [5, 5.41) is 26.5. The summed E-state index contributed by atoms with van der Waals surface area (Å²) in [5.41, 5.74) is 4.94. The first-order valence-electron chi connectivity index (χ1n) is 12.2. The third-order valence-electron chi connectivity index (χ3n) is 6.46. The van der Waals surface area contributed by atoms with Crippen molar-refractivity contribution >= 4 is 28.6 Å². The molecule has 4 aromatic heterocycles. The van der Waals surface area contributed by atoms with Crippen molar-refractivity contribution in [1.29, 1.82) is 0 Å². The maximum absolute atomic E-state index is 11.6. The van der Waals surface area contributed by atoms with Crippen LogP contribution in [-0.4, -0.2) is 50.9 Å². The summed E-state index contributed by atoms with van der Waals surface area (Å²) >= 11 is 0. The molecule has 5 N–H and O–H groups in total. The number of rotatable bonds is 6. The quantitative estimate of drug-likeness (QED) is 0.229. The van der Waals surface area contributed by atoms with Gasteiger partial charge in [0.2, 0.25) is 11.8 Å². The van der Waals surface area contributed by atoms with Crippen LogP contribution >= 0.6 is 0 Å². The van der Waals surface area contributed by atoms with Crippen molar-refractivity contribution in [3.63, 3.8) is 0 Å². The third kappa shape index (κ3) is 4.07. The van der Waals surface area contributed by atoms with E-state index in [0.717, 1.165) is 40.4 Å². The van der Waals surface area contributed by atoms with Crippen LogP contribution in [0, 0.1) is 0 Å². The first kappa shape index (κ1) is 22.0. The van der Waals surface area contributed by atoms with Crippen molar-refractivity contribution in [2.24, 2.45) is 4.99 Å². The number of hydrogen-bond donors (Lipinski definition) is 5. The highest BCUT2D eigenvalue weighted by molar-refractivity contribution is 5.84. The van der Waals surface area contributed by atoms with Gasteiger partial charge in [0, 0.05) is 17.1 Å². The minimum atomic E-state index is -0.503. The van der Waals surface area contributed by atoms with Crippen molar-refractivity contribution < 1.29 is 5.11 Å². The van der Waals surface area contributed by atoms with Gasteiger partial charge in [-0.2, -0.15) is 24.7 Å². The van der Waals surface area contributed by atoms with Crippen LogP contribution in [0.4, 0.5) is 5.95 Å². The molecule has 1 fully saturated rings. The maximum atomic E-state index is 11.6. The second-order valence-corrected chi connectivity index (χ2v) is 9.21. The zero-order valence-electron chi connectivity index (χ0n) is 20.0. The predicted octanol–water partition coefficient (Wildman–Crippen LogP) is 1.61. The molecule has 1 aliphatic rings. The van der Waals surface area contributed by atoms with Crippen LogP contribution in [0.3, 0.4) is 0 Å². The second-order valence-electron chi connectivity index (χ2n) is 9.21. The van der Waals surface area contributed by atoms with Crippen LogP contribution in [0.15, 0.2) is 64.6 Å². The monoisotopic (exact) mass is 506 g/mol. The number of H-pyrrole nitrogens is 3. The van der Waals surface area contributed by atoms with E-state index in [1.165, 1.54) is 0 Å². The molecular formula is C26H22N10O2. The predicted molar refractivity (Wildman–Crippen MR) is 140 cm³/mol. The van der Waals surface area contributed by atoms with Crippen LogP contribution < -0.4 is 21.8 Å². The lowest BCUT2D eigenvalue weighted by Crippen LogP contribution is -2.24. The van der Waals surface area contributed by atoms with E-state index in [-0.39, 0.29) is 17.6 Å². The first-order chi connectivity index (χ1) is 18.6. The minimum absolute atomic E-state index is 0.223. The Balaban J connectivity index is 1.27. The van der Waals surface area contributed by atoms with E-state index in [1.54, 1.807) is 16.8 Å². The summed E-state index contributed by atoms with van der Waals surface area (Å²) in [7, 11) is 0. The van der Waals surface area contributed by atoms with Gasteiger partial charge in [-0.05, 0) is 47.7 Å². The fourth-order valence-corrected chi connectivity index (χ4v) is 4.40. The van der Waals surface area contributed by atoms with Gasteiger partial charge in [0.15, 0.2) is 5.65 Å². The fraction of sp³-hybridized carbons (Fsp3) is 0.154. The number of nitrogens with one attached hydrogen (secondary N) is 4. The molecule has 0 saturated heterocycles. The number of benzene rings is 2. The third-order valence-corrected chi connectivity index (χ3v) is 6.46. The van der Waals surface area contributed by atoms with Crippen molar-refractivity contribution in [3.05, 3.63) is 87.4 Å². The van der Waals surface area contributed by atoms with Gasteiger partial charge in [-0.1, -0.05) is 30.3 Å². The van der Waals surface area contributed by atoms with E-state index < -0.39 is 5.69 Å². The van der Waals surface area contributed by atoms with Gasteiger partial charge in [-0.15, -0.1) is 0 Å². The Morgan fingerprint density at radius 2 is 2.03 bits per heavy atom. The van der Waals surface area contributed by atoms with Gasteiger partial charge in [0.1, 0.15) is 5.69 Å². The van der Waals surface area contributed by atoms with E-state index in [9.17, 15) is 9.90 Å². The van der Waals surface area contributed by atoms with Crippen LogP contribution in [0.2, 0.25) is 0 Å². The summed E-state index contributed by atoms with van der Waals surface area (Å²) in [6.07, 6.45) is 7.06. The lowest BCUT2D eigenvalue weighted by molar-refractivity contribution is 0.454. The number of aromatic hydroxyl groups is 1. The molecular weight excluding hydrogens is 484 g/mol. The molecule has 0 amide bonds. The molecule has 0 spiro atoms. The highest BCUT2D eigenvalue weighted by Crippen LogP contribution is 2.27. The number of anilines is 1. The molecule has 0 atom stereocenters. The van der Waals surface area contributed by atoms with Crippen LogP contribution in [0.1, 0.15) is 24.1 Å². The molecule has 12 heteroatoms. The van der Waals surface area contributed by atoms with Gasteiger partial charge in [-0.3, -0.25) is 10.1 Å².